The van der Waals surface area contributed by atoms with E-state index in [2.05, 4.69) is 16.0 Å². The summed E-state index contributed by atoms with van der Waals surface area (Å²) in [6.07, 6.45) is -0.136. The second-order valence-electron chi connectivity index (χ2n) is 7.63. The number of nitrogens with one attached hydrogen (secondary N) is 3. The maximum absolute atomic E-state index is 12.4. The molecule has 0 unspecified atom stereocenters. The zero-order valence-corrected chi connectivity index (χ0v) is 18.5. The molecule has 0 saturated carbocycles. The number of hydrogen-bond acceptors (Lipinski definition) is 5. The SMILES string of the molecule is O=C(C[C@@H]1NC(=O)[C@H](Cc2ccccc2)NC1=O)N[C@@H](CC[S@@](=O)c1ccccc1)C(=O)O. The molecule has 2 aromatic carbocycles. The number of carbonyl (C=O) groups is 4. The van der Waals surface area contributed by atoms with Gasteiger partial charge in [0, 0.05) is 17.1 Å². The second kappa shape index (κ2) is 11.4. The molecule has 1 heterocycles. The second-order valence-corrected chi connectivity index (χ2v) is 9.20. The normalized spacial score (nSPS) is 19.6. The molecule has 174 valence electrons. The van der Waals surface area contributed by atoms with Gasteiger partial charge in [-0.25, -0.2) is 4.79 Å². The third-order valence-electron chi connectivity index (χ3n) is 5.17. The van der Waals surface area contributed by atoms with Crippen LogP contribution < -0.4 is 16.0 Å². The predicted molar refractivity (Wildman–Crippen MR) is 121 cm³/mol. The van der Waals surface area contributed by atoms with Gasteiger partial charge in [0.15, 0.2) is 0 Å². The van der Waals surface area contributed by atoms with E-state index in [1.54, 1.807) is 30.3 Å². The standard InChI is InChI=1S/C23H25N3O6S/c27-20(24-17(23(30)31)11-12-33(32)16-9-5-2-6-10-16)14-19-22(29)25-18(21(28)26-19)13-15-7-3-1-4-8-15/h1-10,17-19H,11-14H2,(H,24,27)(H,25,29)(H,26,28)(H,30,31)/t17-,18-,19-,33+/m0/s1. The van der Waals surface area contributed by atoms with E-state index in [9.17, 15) is 28.5 Å². The minimum atomic E-state index is -1.41. The molecule has 0 spiro atoms. The lowest BCUT2D eigenvalue weighted by atomic mass is 10.0. The van der Waals surface area contributed by atoms with Crippen molar-refractivity contribution >= 4 is 34.5 Å². The monoisotopic (exact) mass is 471 g/mol. The van der Waals surface area contributed by atoms with Crippen LogP contribution in [0.1, 0.15) is 18.4 Å². The van der Waals surface area contributed by atoms with Crippen LogP contribution in [-0.4, -0.2) is 56.9 Å². The molecule has 0 radical (unpaired) electrons. The molecule has 3 amide bonds. The molecule has 0 aliphatic carbocycles. The van der Waals surface area contributed by atoms with Gasteiger partial charge in [-0.2, -0.15) is 0 Å². The first-order valence-corrected chi connectivity index (χ1v) is 11.8. The van der Waals surface area contributed by atoms with Gasteiger partial charge in [-0.3, -0.25) is 18.6 Å². The van der Waals surface area contributed by atoms with Crippen molar-refractivity contribution in [1.29, 1.82) is 0 Å². The summed E-state index contributed by atoms with van der Waals surface area (Å²) in [5.74, 6) is -2.85. The Labute approximate surface area is 193 Å². The van der Waals surface area contributed by atoms with Crippen molar-refractivity contribution in [3.8, 4) is 0 Å². The van der Waals surface area contributed by atoms with Crippen LogP contribution in [0.2, 0.25) is 0 Å². The number of benzene rings is 2. The summed E-state index contributed by atoms with van der Waals surface area (Å²) in [6.45, 7) is 0. The van der Waals surface area contributed by atoms with E-state index in [-0.39, 0.29) is 12.2 Å². The van der Waals surface area contributed by atoms with E-state index in [1.165, 1.54) is 0 Å². The molecule has 4 N–H and O–H groups in total. The van der Waals surface area contributed by atoms with E-state index < -0.39 is 59.0 Å². The highest BCUT2D eigenvalue weighted by Gasteiger charge is 2.35. The average Bonchev–Trinajstić information content (AvgIpc) is 2.80. The Morgan fingerprint density at radius 1 is 0.939 bits per heavy atom. The Balaban J connectivity index is 1.51. The van der Waals surface area contributed by atoms with Gasteiger partial charge in [0.2, 0.25) is 17.7 Å². The van der Waals surface area contributed by atoms with E-state index in [4.69, 9.17) is 0 Å². The number of piperazine rings is 1. The lowest BCUT2D eigenvalue weighted by Crippen LogP contribution is -2.63. The van der Waals surface area contributed by atoms with Crippen LogP contribution in [0.3, 0.4) is 0 Å². The molecule has 10 heteroatoms. The summed E-state index contributed by atoms with van der Waals surface area (Å²) in [4.78, 5) is 49.3. The van der Waals surface area contributed by atoms with Crippen LogP contribution in [0.25, 0.3) is 0 Å². The van der Waals surface area contributed by atoms with Crippen molar-refractivity contribution in [1.82, 2.24) is 16.0 Å². The van der Waals surface area contributed by atoms with Crippen LogP contribution in [-0.2, 0) is 36.4 Å². The quantitative estimate of drug-likeness (QED) is 0.395. The molecular formula is C23H25N3O6S. The Kier molecular flexibility index (Phi) is 8.31. The van der Waals surface area contributed by atoms with Crippen molar-refractivity contribution in [3.63, 3.8) is 0 Å². The Morgan fingerprint density at radius 2 is 1.52 bits per heavy atom. The van der Waals surface area contributed by atoms with Crippen LogP contribution in [0.5, 0.6) is 0 Å². The third-order valence-corrected chi connectivity index (χ3v) is 6.57. The molecule has 1 saturated heterocycles. The molecule has 2 aromatic rings. The molecule has 0 bridgehead atoms. The smallest absolute Gasteiger partial charge is 0.326 e. The Bertz CT molecular complexity index is 1030. The van der Waals surface area contributed by atoms with Crippen molar-refractivity contribution in [2.45, 2.75) is 42.3 Å². The number of aliphatic carboxylic acids is 1. The first-order valence-electron chi connectivity index (χ1n) is 10.4. The summed E-state index contributed by atoms with van der Waals surface area (Å²) >= 11 is 0. The van der Waals surface area contributed by atoms with Crippen LogP contribution >= 0.6 is 0 Å². The van der Waals surface area contributed by atoms with Gasteiger partial charge < -0.3 is 21.1 Å². The number of rotatable bonds is 10. The fraction of sp³-hybridized carbons (Fsp3) is 0.304. The number of carboxylic acids is 1. The number of amides is 3. The molecule has 1 aliphatic heterocycles. The minimum Gasteiger partial charge on any atom is -0.480 e. The summed E-state index contributed by atoms with van der Waals surface area (Å²) < 4.78 is 12.3. The van der Waals surface area contributed by atoms with E-state index >= 15 is 0 Å². The van der Waals surface area contributed by atoms with Gasteiger partial charge in [0.25, 0.3) is 0 Å². The van der Waals surface area contributed by atoms with Gasteiger partial charge in [0.05, 0.1) is 17.2 Å². The molecule has 3 rings (SSSR count). The van der Waals surface area contributed by atoms with Gasteiger partial charge in [-0.1, -0.05) is 48.5 Å². The van der Waals surface area contributed by atoms with Crippen molar-refractivity contribution in [2.75, 3.05) is 5.75 Å². The summed E-state index contributed by atoms with van der Waals surface area (Å²) in [7, 11) is -1.41. The topological polar surface area (TPSA) is 142 Å². The highest BCUT2D eigenvalue weighted by Crippen LogP contribution is 2.10. The largest absolute Gasteiger partial charge is 0.480 e. The number of carbonyl (C=O) groups excluding carboxylic acids is 3. The number of hydrogen-bond donors (Lipinski definition) is 4. The lowest BCUT2D eigenvalue weighted by Gasteiger charge is -2.29. The van der Waals surface area contributed by atoms with E-state index in [0.29, 0.717) is 11.3 Å². The maximum Gasteiger partial charge on any atom is 0.326 e. The molecule has 4 atom stereocenters. The zero-order valence-electron chi connectivity index (χ0n) is 17.7. The van der Waals surface area contributed by atoms with Crippen LogP contribution in [0.4, 0.5) is 0 Å². The number of carboxylic acid groups (broad SMARTS) is 1. The predicted octanol–water partition coefficient (Wildman–Crippen LogP) is 0.370. The highest BCUT2D eigenvalue weighted by molar-refractivity contribution is 7.85. The molecular weight excluding hydrogens is 446 g/mol. The molecule has 1 fully saturated rings. The fourth-order valence-electron chi connectivity index (χ4n) is 3.42. The van der Waals surface area contributed by atoms with E-state index in [0.717, 1.165) is 5.56 Å². The third kappa shape index (κ3) is 6.98. The molecule has 1 aliphatic rings. The molecule has 9 nitrogen and oxygen atoms in total. The van der Waals surface area contributed by atoms with Crippen molar-refractivity contribution < 1.29 is 28.5 Å². The van der Waals surface area contributed by atoms with Gasteiger partial charge in [-0.05, 0) is 24.1 Å². The van der Waals surface area contributed by atoms with Gasteiger partial charge >= 0.3 is 5.97 Å². The van der Waals surface area contributed by atoms with Gasteiger partial charge in [-0.15, -0.1) is 0 Å². The molecule has 0 aromatic heterocycles. The first-order chi connectivity index (χ1) is 15.8. The van der Waals surface area contributed by atoms with Crippen molar-refractivity contribution in [2.24, 2.45) is 0 Å². The Morgan fingerprint density at radius 3 is 2.15 bits per heavy atom. The maximum atomic E-state index is 12.4. The molecule has 33 heavy (non-hydrogen) atoms. The summed E-state index contributed by atoms with van der Waals surface area (Å²) in [5, 5.41) is 16.9. The summed E-state index contributed by atoms with van der Waals surface area (Å²) in [5.41, 5.74) is 0.881. The van der Waals surface area contributed by atoms with E-state index in [1.807, 2.05) is 30.3 Å². The van der Waals surface area contributed by atoms with Crippen molar-refractivity contribution in [3.05, 3.63) is 66.2 Å². The Hall–Kier alpha value is -3.53. The summed E-state index contributed by atoms with van der Waals surface area (Å²) in [6, 6.07) is 14.7. The first kappa shape index (κ1) is 24.1. The lowest BCUT2D eigenvalue weighted by molar-refractivity contribution is -0.142. The fourth-order valence-corrected chi connectivity index (χ4v) is 4.57. The van der Waals surface area contributed by atoms with Crippen LogP contribution in [0, 0.1) is 0 Å². The van der Waals surface area contributed by atoms with Crippen LogP contribution in [0.15, 0.2) is 65.6 Å². The highest BCUT2D eigenvalue weighted by atomic mass is 32.2. The zero-order chi connectivity index (χ0) is 23.8. The average molecular weight is 472 g/mol. The van der Waals surface area contributed by atoms with Gasteiger partial charge in [0.1, 0.15) is 18.1 Å². The minimum absolute atomic E-state index is 0.0447.